The van der Waals surface area contributed by atoms with E-state index in [2.05, 4.69) is 26.6 Å². The minimum Gasteiger partial charge on any atom is -0.394 e. The number of aliphatic hydroxyl groups is 9. The van der Waals surface area contributed by atoms with Crippen molar-refractivity contribution in [3.63, 3.8) is 0 Å². The van der Waals surface area contributed by atoms with Crippen molar-refractivity contribution in [2.75, 3.05) is 65.9 Å². The maximum absolute atomic E-state index is 14.4. The molecule has 5 amide bonds. The van der Waals surface area contributed by atoms with Crippen LogP contribution in [0.15, 0.2) is 0 Å². The first kappa shape index (κ1) is 94.1. The second-order valence-corrected chi connectivity index (χ2v) is 25.1. The first-order valence-electron chi connectivity index (χ1n) is 33.8. The molecule has 0 aromatic carbocycles. The van der Waals surface area contributed by atoms with Gasteiger partial charge in [0.15, 0.2) is 24.7 Å². The van der Waals surface area contributed by atoms with E-state index in [1.165, 1.54) is 6.92 Å². The molecule has 3 saturated heterocycles. The standard InChI is InChI=1S/C64H115N5O23.4CH4/c1-40(2)86-35-28-45(74)23-10-6-16-31-67-61(85)44(22-14-17-29-65-51(76)26-12-8-21-34-89-64-54(68-43(5)73)60(84)59(83)50(39-72)92-64)36-47(75)46(69-53(78)27-13-9-20-33-88-63-42(4)56(80)58(82)49(38-71)91-63)24-15-18-30-66-52(77)25-11-7-19-32-87-62-41(3)55(79)57(81)48(37-70)90-62;;;;/h40-42,44,46,48-50,54-60,62-64,70-72,79-84H,6-39H2,1-5H3,(H,65,76)(H,66,77)(H,67,85)(H,68,73)(H,69,78);4*1H4/t41?,42?,44?,46?,48?,49?,50?,54?,55-,56-,57+,58+,59+,60-,62-,63-,64-;;;;/m1..../s1. The lowest BCUT2D eigenvalue weighted by Gasteiger charge is -2.42. The van der Waals surface area contributed by atoms with E-state index in [0.717, 1.165) is 0 Å². The van der Waals surface area contributed by atoms with E-state index in [0.29, 0.717) is 155 Å². The lowest BCUT2D eigenvalue weighted by Crippen LogP contribution is -2.64. The van der Waals surface area contributed by atoms with Gasteiger partial charge in [-0.05, 0) is 97.3 Å². The molecule has 3 aliphatic rings. The highest BCUT2D eigenvalue weighted by Crippen LogP contribution is 2.29. The maximum Gasteiger partial charge on any atom is 0.223 e. The van der Waals surface area contributed by atoms with E-state index >= 15 is 0 Å². The number of ether oxygens (including phenoxy) is 7. The van der Waals surface area contributed by atoms with Gasteiger partial charge >= 0.3 is 0 Å². The zero-order valence-electron chi connectivity index (χ0n) is 55.2. The minimum atomic E-state index is -1.43. The van der Waals surface area contributed by atoms with E-state index < -0.39 is 129 Å². The Labute approximate surface area is 572 Å². The number of carbonyl (C=O) groups excluding carboxylic acids is 7. The number of Topliss-reactive ketones (excluding diaryl/α,β-unsaturated/α-hetero) is 2. The predicted octanol–water partition coefficient (Wildman–Crippen LogP) is 3.05. The van der Waals surface area contributed by atoms with Gasteiger partial charge in [-0.15, -0.1) is 0 Å². The topological polar surface area (TPSA) is 426 Å². The monoisotopic (exact) mass is 1390 g/mol. The second kappa shape index (κ2) is 53.9. The minimum absolute atomic E-state index is 0. The summed E-state index contributed by atoms with van der Waals surface area (Å²) >= 11 is 0. The number of ketones is 2. The molecule has 0 aromatic rings. The number of nitrogens with one attached hydrogen (secondary N) is 5. The van der Waals surface area contributed by atoms with E-state index in [1.54, 1.807) is 13.8 Å². The van der Waals surface area contributed by atoms with Gasteiger partial charge in [0.1, 0.15) is 54.6 Å². The third-order valence-electron chi connectivity index (χ3n) is 17.0. The fourth-order valence-electron chi connectivity index (χ4n) is 11.2. The highest BCUT2D eigenvalue weighted by molar-refractivity contribution is 5.92. The largest absolute Gasteiger partial charge is 0.394 e. The Morgan fingerprint density at radius 2 is 0.854 bits per heavy atom. The Morgan fingerprint density at radius 1 is 0.448 bits per heavy atom. The number of hydrogen-bond donors (Lipinski definition) is 14. The van der Waals surface area contributed by atoms with Crippen LogP contribution in [0.3, 0.4) is 0 Å². The van der Waals surface area contributed by atoms with Gasteiger partial charge in [0, 0.05) is 103 Å². The quantitative estimate of drug-likeness (QED) is 0.0389. The fourth-order valence-corrected chi connectivity index (χ4v) is 11.2. The molecule has 0 aromatic heterocycles. The summed E-state index contributed by atoms with van der Waals surface area (Å²) < 4.78 is 39.7. The maximum atomic E-state index is 14.4. The number of unbranched alkanes of at least 4 members (excludes halogenated alkanes) is 10. The van der Waals surface area contributed by atoms with Crippen LogP contribution in [0.2, 0.25) is 0 Å². The molecule has 3 aliphatic heterocycles. The number of hydrogen-bond acceptors (Lipinski definition) is 23. The van der Waals surface area contributed by atoms with Gasteiger partial charge < -0.3 is 106 Å². The van der Waals surface area contributed by atoms with Crippen molar-refractivity contribution in [1.29, 1.82) is 0 Å². The molecule has 3 heterocycles. The van der Waals surface area contributed by atoms with Gasteiger partial charge in [-0.1, -0.05) is 75.7 Å². The zero-order valence-corrected chi connectivity index (χ0v) is 55.2. The molecule has 28 heteroatoms. The van der Waals surface area contributed by atoms with Crippen molar-refractivity contribution >= 4 is 41.1 Å². The molecular formula is C68H131N5O23. The Kier molecular flexibility index (Phi) is 52.8. The van der Waals surface area contributed by atoms with E-state index in [1.807, 2.05) is 13.8 Å². The number of carbonyl (C=O) groups is 7. The van der Waals surface area contributed by atoms with Crippen LogP contribution in [-0.4, -0.2) is 245 Å². The van der Waals surface area contributed by atoms with E-state index in [-0.39, 0.29) is 116 Å². The summed E-state index contributed by atoms with van der Waals surface area (Å²) in [6.45, 7) is 8.91. The molecule has 0 aliphatic carbocycles. The molecular weight excluding hydrogens is 1250 g/mol. The van der Waals surface area contributed by atoms with Crippen molar-refractivity contribution < 1.29 is 113 Å². The fraction of sp³-hybridized carbons (Fsp3) is 0.897. The molecule has 8 unspecified atom stereocenters. The van der Waals surface area contributed by atoms with Gasteiger partial charge in [0.2, 0.25) is 29.5 Å². The van der Waals surface area contributed by atoms with Crippen LogP contribution in [0, 0.1) is 17.8 Å². The Balaban J connectivity index is 0. The molecule has 28 nitrogen and oxygen atoms in total. The summed E-state index contributed by atoms with van der Waals surface area (Å²) in [5, 5.41) is 105. The first-order chi connectivity index (χ1) is 44.0. The predicted molar refractivity (Wildman–Crippen MR) is 360 cm³/mol. The number of amides is 5. The van der Waals surface area contributed by atoms with E-state index in [9.17, 15) is 79.5 Å². The smallest absolute Gasteiger partial charge is 0.223 e. The third-order valence-corrected chi connectivity index (χ3v) is 17.0. The van der Waals surface area contributed by atoms with Crippen LogP contribution in [-0.2, 0) is 66.7 Å². The summed E-state index contributed by atoms with van der Waals surface area (Å²) in [5.41, 5.74) is 0. The summed E-state index contributed by atoms with van der Waals surface area (Å²) in [7, 11) is 0. The average molecular weight is 1390 g/mol. The molecule has 17 atom stereocenters. The van der Waals surface area contributed by atoms with Gasteiger partial charge in [-0.3, -0.25) is 33.6 Å². The van der Waals surface area contributed by atoms with Gasteiger partial charge in [-0.25, -0.2) is 0 Å². The highest BCUT2D eigenvalue weighted by Gasteiger charge is 2.46. The molecule has 0 bridgehead atoms. The average Bonchev–Trinajstić information content (AvgIpc) is 0.839. The van der Waals surface area contributed by atoms with E-state index in [4.69, 9.17) is 33.2 Å². The number of rotatable bonds is 50. The SMILES string of the molecule is C.C.C.C.CC(=O)NC1[C@H](OCCCCCC(=O)NCCCCC(CC(=O)C(CCCCNC(=O)CCCCCO[C@@H]2OC(CO)[C@H](O)[C@H](O)C2C)NC(=O)CCCCCO[C@@H]2OC(CO)[C@H](O)[C@H](O)C2C)C(=O)NCCCCCC(=O)CCOC(C)C)OC(CO)[C@H](O)[C@@H]1O. The molecule has 0 radical (unpaired) electrons. The van der Waals surface area contributed by atoms with Crippen molar-refractivity contribution in [3.05, 3.63) is 0 Å². The zero-order chi connectivity index (χ0) is 68.0. The summed E-state index contributed by atoms with van der Waals surface area (Å²) in [6.07, 6.45) is -2.70. The Hall–Kier alpha value is -3.95. The summed E-state index contributed by atoms with van der Waals surface area (Å²) in [4.78, 5) is 91.6. The third kappa shape index (κ3) is 36.4. The van der Waals surface area contributed by atoms with Crippen LogP contribution in [0.5, 0.6) is 0 Å². The van der Waals surface area contributed by atoms with Crippen molar-refractivity contribution in [2.24, 2.45) is 17.8 Å². The molecule has 0 saturated carbocycles. The van der Waals surface area contributed by atoms with Crippen LogP contribution in [0.25, 0.3) is 0 Å². The van der Waals surface area contributed by atoms with Crippen molar-refractivity contribution in [1.82, 2.24) is 26.6 Å². The Bertz CT molecular complexity index is 2100. The van der Waals surface area contributed by atoms with Crippen molar-refractivity contribution in [3.8, 4) is 0 Å². The molecule has 3 fully saturated rings. The highest BCUT2D eigenvalue weighted by atomic mass is 16.7. The van der Waals surface area contributed by atoms with Crippen LogP contribution < -0.4 is 26.6 Å². The van der Waals surface area contributed by atoms with Gasteiger partial charge in [0.25, 0.3) is 0 Å². The van der Waals surface area contributed by atoms with Crippen LogP contribution in [0.4, 0.5) is 0 Å². The second-order valence-electron chi connectivity index (χ2n) is 25.1. The summed E-state index contributed by atoms with van der Waals surface area (Å²) in [6, 6.07) is -2.00. The van der Waals surface area contributed by atoms with Crippen molar-refractivity contribution in [2.45, 2.75) is 310 Å². The lowest BCUT2D eigenvalue weighted by atomic mass is 9.91. The molecule has 0 spiro atoms. The first-order valence-corrected chi connectivity index (χ1v) is 33.8. The van der Waals surface area contributed by atoms with Gasteiger partial charge in [0.05, 0.1) is 50.8 Å². The number of aliphatic hydroxyl groups excluding tert-OH is 9. The van der Waals surface area contributed by atoms with Crippen LogP contribution in [0.1, 0.15) is 218 Å². The summed E-state index contributed by atoms with van der Waals surface area (Å²) in [5.74, 6) is -3.53. The molecule has 96 heavy (non-hydrogen) atoms. The lowest BCUT2D eigenvalue weighted by molar-refractivity contribution is -0.282. The Morgan fingerprint density at radius 3 is 1.32 bits per heavy atom. The molecule has 3 rings (SSSR count). The molecule has 14 N–H and O–H groups in total. The normalized spacial score (nSPS) is 26.1. The van der Waals surface area contributed by atoms with Gasteiger partial charge in [-0.2, -0.15) is 0 Å². The van der Waals surface area contributed by atoms with Crippen LogP contribution >= 0.6 is 0 Å². The molecule has 566 valence electrons.